The predicted molar refractivity (Wildman–Crippen MR) is 79.4 cm³/mol. The lowest BCUT2D eigenvalue weighted by Crippen LogP contribution is -2.10. The van der Waals surface area contributed by atoms with E-state index in [0.717, 1.165) is 6.07 Å². The van der Waals surface area contributed by atoms with E-state index in [1.54, 1.807) is 6.92 Å². The number of phenols is 2. The van der Waals surface area contributed by atoms with Crippen LogP contribution in [0.5, 0.6) is 11.5 Å². The maximum Gasteiger partial charge on any atom is 0.338 e. The minimum Gasteiger partial charge on any atom is -0.508 e. The van der Waals surface area contributed by atoms with Crippen LogP contribution in [0.4, 0.5) is 0 Å². The summed E-state index contributed by atoms with van der Waals surface area (Å²) in [5, 5.41) is 19.6. The van der Waals surface area contributed by atoms with E-state index in [1.807, 2.05) is 0 Å². The molecule has 3 aromatic rings. The van der Waals surface area contributed by atoms with Crippen molar-refractivity contribution in [1.29, 1.82) is 0 Å². The predicted octanol–water partition coefficient (Wildman–Crippen LogP) is 2.45. The number of benzene rings is 2. The van der Waals surface area contributed by atoms with E-state index in [1.165, 1.54) is 25.3 Å². The summed E-state index contributed by atoms with van der Waals surface area (Å²) in [5.41, 5.74) is 0.306. The summed E-state index contributed by atoms with van der Waals surface area (Å²) >= 11 is 0. The van der Waals surface area contributed by atoms with Crippen molar-refractivity contribution in [3.05, 3.63) is 45.6 Å². The first kappa shape index (κ1) is 13.9. The number of ether oxygens (including phenoxy) is 1. The van der Waals surface area contributed by atoms with E-state index in [0.29, 0.717) is 5.56 Å². The number of esters is 1. The second kappa shape index (κ2) is 4.77. The summed E-state index contributed by atoms with van der Waals surface area (Å²) in [7, 11) is 1.18. The van der Waals surface area contributed by atoms with Gasteiger partial charge in [-0.2, -0.15) is 0 Å². The molecular formula is C16H12O6. The van der Waals surface area contributed by atoms with Crippen molar-refractivity contribution in [2.45, 2.75) is 6.92 Å². The maximum absolute atomic E-state index is 12.6. The molecule has 0 unspecified atom stereocenters. The monoisotopic (exact) mass is 300 g/mol. The van der Waals surface area contributed by atoms with E-state index >= 15 is 0 Å². The normalized spacial score (nSPS) is 11.0. The topological polar surface area (TPSA) is 97.0 Å². The Bertz CT molecular complexity index is 983. The summed E-state index contributed by atoms with van der Waals surface area (Å²) in [6.45, 7) is 1.67. The van der Waals surface area contributed by atoms with Gasteiger partial charge in [-0.25, -0.2) is 4.79 Å². The van der Waals surface area contributed by atoms with Crippen LogP contribution in [-0.4, -0.2) is 23.3 Å². The number of aromatic hydroxyl groups is 2. The van der Waals surface area contributed by atoms with Gasteiger partial charge in [0.05, 0.1) is 23.4 Å². The fourth-order valence-corrected chi connectivity index (χ4v) is 2.37. The number of hydrogen-bond acceptors (Lipinski definition) is 6. The average Bonchev–Trinajstić information content (AvgIpc) is 2.47. The van der Waals surface area contributed by atoms with Gasteiger partial charge in [-0.15, -0.1) is 0 Å². The van der Waals surface area contributed by atoms with E-state index in [9.17, 15) is 19.8 Å². The molecule has 0 saturated heterocycles. The summed E-state index contributed by atoms with van der Waals surface area (Å²) in [6, 6.07) is 5.22. The Morgan fingerprint density at radius 3 is 2.55 bits per heavy atom. The molecule has 0 aliphatic rings. The average molecular weight is 300 g/mol. The van der Waals surface area contributed by atoms with Crippen LogP contribution >= 0.6 is 0 Å². The molecule has 0 spiro atoms. The van der Waals surface area contributed by atoms with E-state index < -0.39 is 11.4 Å². The van der Waals surface area contributed by atoms with Gasteiger partial charge >= 0.3 is 5.97 Å². The van der Waals surface area contributed by atoms with Crippen molar-refractivity contribution in [3.63, 3.8) is 0 Å². The summed E-state index contributed by atoms with van der Waals surface area (Å²) < 4.78 is 10.2. The number of aryl methyl sites for hydroxylation is 1. The van der Waals surface area contributed by atoms with Crippen molar-refractivity contribution >= 4 is 27.9 Å². The van der Waals surface area contributed by atoms with Crippen LogP contribution in [0.1, 0.15) is 15.9 Å². The quantitative estimate of drug-likeness (QED) is 0.529. The Kier molecular flexibility index (Phi) is 3.02. The molecule has 3 rings (SSSR count). The highest BCUT2D eigenvalue weighted by Gasteiger charge is 2.19. The van der Waals surface area contributed by atoms with Gasteiger partial charge in [0, 0.05) is 6.07 Å². The fourth-order valence-electron chi connectivity index (χ4n) is 2.37. The molecule has 6 heteroatoms. The SMILES string of the molecule is COC(=O)c1cc(O)cc2oc3cc(C)c(O)cc3c(=O)c12. The number of phenolic OH excluding ortho intramolecular Hbond substituents is 2. The number of methoxy groups -OCH3 is 1. The minimum absolute atomic E-state index is 0.000373. The number of carbonyl (C=O) groups is 1. The second-order valence-electron chi connectivity index (χ2n) is 4.92. The summed E-state index contributed by atoms with van der Waals surface area (Å²) in [6.07, 6.45) is 0. The van der Waals surface area contributed by atoms with Gasteiger partial charge in [-0.1, -0.05) is 0 Å². The molecule has 2 N–H and O–H groups in total. The standard InChI is InChI=1S/C16H12O6/c1-7-3-12-9(6-11(7)18)15(19)14-10(16(20)21-2)4-8(17)5-13(14)22-12/h3-6,17-18H,1-2H3. The lowest BCUT2D eigenvalue weighted by atomic mass is 10.0. The van der Waals surface area contributed by atoms with Crippen molar-refractivity contribution in [1.82, 2.24) is 0 Å². The minimum atomic E-state index is -0.760. The van der Waals surface area contributed by atoms with Crippen LogP contribution in [0.3, 0.4) is 0 Å². The third-order valence-corrected chi connectivity index (χ3v) is 3.48. The first-order valence-electron chi connectivity index (χ1n) is 6.44. The van der Waals surface area contributed by atoms with Crippen LogP contribution in [0.15, 0.2) is 33.5 Å². The molecule has 1 heterocycles. The highest BCUT2D eigenvalue weighted by atomic mass is 16.5. The second-order valence-corrected chi connectivity index (χ2v) is 4.92. The molecule has 0 bridgehead atoms. The first-order chi connectivity index (χ1) is 10.4. The highest BCUT2D eigenvalue weighted by Crippen LogP contribution is 2.29. The summed E-state index contributed by atoms with van der Waals surface area (Å²) in [4.78, 5) is 24.5. The van der Waals surface area contributed by atoms with Crippen LogP contribution in [0.25, 0.3) is 21.9 Å². The van der Waals surface area contributed by atoms with Gasteiger partial charge in [0.2, 0.25) is 5.43 Å². The Morgan fingerprint density at radius 2 is 1.86 bits per heavy atom. The van der Waals surface area contributed by atoms with E-state index in [4.69, 9.17) is 4.42 Å². The maximum atomic E-state index is 12.6. The van der Waals surface area contributed by atoms with E-state index in [-0.39, 0.29) is 39.0 Å². The van der Waals surface area contributed by atoms with Gasteiger partial charge in [-0.05, 0) is 30.7 Å². The van der Waals surface area contributed by atoms with Gasteiger partial charge in [-0.3, -0.25) is 4.79 Å². The zero-order chi connectivity index (χ0) is 16.0. The largest absolute Gasteiger partial charge is 0.508 e. The number of carbonyl (C=O) groups excluding carboxylic acids is 1. The molecule has 0 atom stereocenters. The Morgan fingerprint density at radius 1 is 1.14 bits per heavy atom. The molecule has 112 valence electrons. The van der Waals surface area contributed by atoms with Crippen LogP contribution < -0.4 is 5.43 Å². The Balaban J connectivity index is 2.55. The molecule has 1 aromatic heterocycles. The summed E-state index contributed by atoms with van der Waals surface area (Å²) in [5.74, 6) is -1.02. The number of fused-ring (bicyclic) bond motifs is 2. The van der Waals surface area contributed by atoms with Gasteiger partial charge in [0.25, 0.3) is 0 Å². The molecule has 0 fully saturated rings. The van der Waals surface area contributed by atoms with Crippen LogP contribution in [-0.2, 0) is 4.74 Å². The van der Waals surface area contributed by atoms with Crippen molar-refractivity contribution in [3.8, 4) is 11.5 Å². The molecule has 0 amide bonds. The van der Waals surface area contributed by atoms with Crippen LogP contribution in [0, 0.1) is 6.92 Å². The third kappa shape index (κ3) is 1.96. The zero-order valence-corrected chi connectivity index (χ0v) is 11.8. The first-order valence-corrected chi connectivity index (χ1v) is 6.44. The molecule has 0 radical (unpaired) electrons. The molecule has 0 aliphatic heterocycles. The van der Waals surface area contributed by atoms with Crippen molar-refractivity contribution in [2.75, 3.05) is 7.11 Å². The number of rotatable bonds is 1. The highest BCUT2D eigenvalue weighted by molar-refractivity contribution is 6.06. The van der Waals surface area contributed by atoms with Gasteiger partial charge in [0.15, 0.2) is 0 Å². The molecular weight excluding hydrogens is 288 g/mol. The van der Waals surface area contributed by atoms with E-state index in [2.05, 4.69) is 4.74 Å². The van der Waals surface area contributed by atoms with Crippen molar-refractivity contribution < 1.29 is 24.2 Å². The smallest absolute Gasteiger partial charge is 0.338 e. The zero-order valence-electron chi connectivity index (χ0n) is 11.8. The lowest BCUT2D eigenvalue weighted by molar-refractivity contribution is 0.0602. The van der Waals surface area contributed by atoms with Crippen LogP contribution in [0.2, 0.25) is 0 Å². The molecule has 22 heavy (non-hydrogen) atoms. The molecule has 0 saturated carbocycles. The molecule has 0 aliphatic carbocycles. The molecule has 6 nitrogen and oxygen atoms in total. The van der Waals surface area contributed by atoms with Crippen molar-refractivity contribution in [2.24, 2.45) is 0 Å². The fraction of sp³-hybridized carbons (Fsp3) is 0.125. The third-order valence-electron chi connectivity index (χ3n) is 3.48. The van der Waals surface area contributed by atoms with Gasteiger partial charge in [0.1, 0.15) is 22.7 Å². The molecule has 2 aromatic carbocycles. The lowest BCUT2D eigenvalue weighted by Gasteiger charge is -2.08. The number of hydrogen-bond donors (Lipinski definition) is 2. The Labute approximate surface area is 124 Å². The van der Waals surface area contributed by atoms with Gasteiger partial charge < -0.3 is 19.4 Å². The Hall–Kier alpha value is -3.02.